The average molecular weight is 448 g/mol. The van der Waals surface area contributed by atoms with Crippen LogP contribution in [-0.4, -0.2) is 71.2 Å². The molecule has 0 radical (unpaired) electrons. The minimum atomic E-state index is -0.662. The molecule has 1 atom stereocenters. The van der Waals surface area contributed by atoms with E-state index in [-0.39, 0.29) is 23.8 Å². The van der Waals surface area contributed by atoms with Gasteiger partial charge in [-0.05, 0) is 57.4 Å². The van der Waals surface area contributed by atoms with E-state index in [1.807, 2.05) is 79.1 Å². The molecule has 0 aromatic heterocycles. The van der Waals surface area contributed by atoms with Crippen molar-refractivity contribution >= 4 is 17.7 Å². The minimum Gasteiger partial charge on any atom is -0.348 e. The zero-order chi connectivity index (χ0) is 23.9. The molecule has 1 fully saturated rings. The largest absolute Gasteiger partial charge is 0.348 e. The van der Waals surface area contributed by atoms with E-state index in [9.17, 15) is 14.4 Å². The van der Waals surface area contributed by atoms with Crippen molar-refractivity contribution in [2.75, 3.05) is 27.2 Å². The summed E-state index contributed by atoms with van der Waals surface area (Å²) in [5.41, 5.74) is 2.47. The maximum atomic E-state index is 13.7. The number of nitrogens with zero attached hydrogens (tertiary/aromatic N) is 3. The summed E-state index contributed by atoms with van der Waals surface area (Å²) in [5.74, 6) is -0.483. The van der Waals surface area contributed by atoms with Gasteiger partial charge in [-0.25, -0.2) is 0 Å². The third kappa shape index (κ3) is 3.81. The molecule has 2 heterocycles. The van der Waals surface area contributed by atoms with Crippen LogP contribution in [0.2, 0.25) is 0 Å². The third-order valence-corrected chi connectivity index (χ3v) is 7.12. The summed E-state index contributed by atoms with van der Waals surface area (Å²) in [5, 5.41) is 0. The minimum absolute atomic E-state index is 0.000870. The molecule has 4 rings (SSSR count). The van der Waals surface area contributed by atoms with Crippen LogP contribution in [-0.2, 0) is 4.79 Å². The first kappa shape index (κ1) is 23.0. The van der Waals surface area contributed by atoms with E-state index in [0.717, 1.165) is 11.1 Å². The lowest BCUT2D eigenvalue weighted by molar-refractivity contribution is -0.136. The number of hydrogen-bond acceptors (Lipinski definition) is 3. The van der Waals surface area contributed by atoms with Gasteiger partial charge in [-0.1, -0.05) is 35.9 Å². The molecule has 6 nitrogen and oxygen atoms in total. The predicted octanol–water partition coefficient (Wildman–Crippen LogP) is 3.71. The van der Waals surface area contributed by atoms with E-state index < -0.39 is 11.5 Å². The first-order valence-corrected chi connectivity index (χ1v) is 11.7. The van der Waals surface area contributed by atoms with E-state index in [4.69, 9.17) is 0 Å². The number of aryl methyl sites for hydroxylation is 1. The number of rotatable bonds is 3. The summed E-state index contributed by atoms with van der Waals surface area (Å²) < 4.78 is 0. The van der Waals surface area contributed by atoms with Crippen molar-refractivity contribution in [1.29, 1.82) is 0 Å². The SMILES string of the molecule is Cc1cccc(C(=O)N2CCC3(CC2)C(C(=O)N(C)C)c2ccccc2C(=O)N3C(C)C)c1. The fraction of sp³-hybridized carbons (Fsp3) is 0.444. The Morgan fingerprint density at radius 2 is 1.70 bits per heavy atom. The number of likely N-dealkylation sites (N-methyl/N-ethyl adjacent to an activating group) is 1. The lowest BCUT2D eigenvalue weighted by Crippen LogP contribution is -2.67. The smallest absolute Gasteiger partial charge is 0.254 e. The maximum absolute atomic E-state index is 13.7. The van der Waals surface area contributed by atoms with Crippen molar-refractivity contribution in [3.05, 3.63) is 70.8 Å². The van der Waals surface area contributed by atoms with Crippen LogP contribution in [0, 0.1) is 6.92 Å². The van der Waals surface area contributed by atoms with E-state index in [0.29, 0.717) is 37.1 Å². The Morgan fingerprint density at radius 3 is 2.30 bits per heavy atom. The van der Waals surface area contributed by atoms with E-state index in [1.165, 1.54) is 0 Å². The molecule has 0 N–H and O–H groups in total. The van der Waals surface area contributed by atoms with Crippen LogP contribution in [0.3, 0.4) is 0 Å². The average Bonchev–Trinajstić information content (AvgIpc) is 2.79. The second kappa shape index (κ2) is 8.65. The topological polar surface area (TPSA) is 60.9 Å². The zero-order valence-electron chi connectivity index (χ0n) is 20.2. The fourth-order valence-corrected chi connectivity index (χ4v) is 5.66. The van der Waals surface area contributed by atoms with Gasteiger partial charge in [0, 0.05) is 44.4 Å². The highest BCUT2D eigenvalue weighted by Gasteiger charge is 2.56. The number of benzene rings is 2. The summed E-state index contributed by atoms with van der Waals surface area (Å²) in [6, 6.07) is 15.1. The molecule has 174 valence electrons. The first-order chi connectivity index (χ1) is 15.7. The van der Waals surface area contributed by atoms with Gasteiger partial charge >= 0.3 is 0 Å². The van der Waals surface area contributed by atoms with Gasteiger partial charge in [0.15, 0.2) is 0 Å². The Hall–Kier alpha value is -3.15. The molecule has 0 saturated carbocycles. The normalized spacial score (nSPS) is 19.6. The van der Waals surface area contributed by atoms with Crippen LogP contribution >= 0.6 is 0 Å². The van der Waals surface area contributed by atoms with Crippen molar-refractivity contribution in [3.63, 3.8) is 0 Å². The van der Waals surface area contributed by atoms with Crippen LogP contribution in [0.1, 0.15) is 64.4 Å². The Bertz CT molecular complexity index is 1080. The lowest BCUT2D eigenvalue weighted by atomic mass is 9.66. The highest BCUT2D eigenvalue weighted by molar-refractivity contribution is 6.02. The molecule has 6 heteroatoms. The van der Waals surface area contributed by atoms with E-state index in [1.54, 1.807) is 19.0 Å². The molecule has 3 amide bonds. The second-order valence-electron chi connectivity index (χ2n) is 9.79. The van der Waals surface area contributed by atoms with Gasteiger partial charge in [0.25, 0.3) is 11.8 Å². The van der Waals surface area contributed by atoms with Gasteiger partial charge in [0.05, 0.1) is 11.5 Å². The second-order valence-corrected chi connectivity index (χ2v) is 9.79. The highest BCUT2D eigenvalue weighted by Crippen LogP contribution is 2.48. The number of hydrogen-bond donors (Lipinski definition) is 0. The molecular weight excluding hydrogens is 414 g/mol. The van der Waals surface area contributed by atoms with Crippen LogP contribution in [0.25, 0.3) is 0 Å². The van der Waals surface area contributed by atoms with Gasteiger partial charge in [0.2, 0.25) is 5.91 Å². The summed E-state index contributed by atoms with van der Waals surface area (Å²) >= 11 is 0. The Balaban J connectivity index is 1.74. The standard InChI is InChI=1S/C27H33N3O3/c1-18(2)30-25(32)22-12-7-6-11-21(22)23(26(33)28(4)5)27(30)13-15-29(16-14-27)24(31)20-10-8-9-19(3)17-20/h6-12,17-18,23H,13-16H2,1-5H3. The van der Waals surface area contributed by atoms with Crippen molar-refractivity contribution in [2.45, 2.75) is 51.1 Å². The molecule has 2 aromatic carbocycles. The van der Waals surface area contributed by atoms with Crippen molar-refractivity contribution in [1.82, 2.24) is 14.7 Å². The summed E-state index contributed by atoms with van der Waals surface area (Å²) in [6.45, 7) is 7.00. The van der Waals surface area contributed by atoms with Gasteiger partial charge in [-0.2, -0.15) is 0 Å². The van der Waals surface area contributed by atoms with Crippen LogP contribution in [0.4, 0.5) is 0 Å². The zero-order valence-corrected chi connectivity index (χ0v) is 20.2. The molecule has 0 bridgehead atoms. The van der Waals surface area contributed by atoms with E-state index >= 15 is 0 Å². The molecule has 1 spiro atoms. The first-order valence-electron chi connectivity index (χ1n) is 11.7. The summed E-state index contributed by atoms with van der Waals surface area (Å²) in [6.07, 6.45) is 1.13. The molecule has 0 aliphatic carbocycles. The number of carbonyl (C=O) groups excluding carboxylic acids is 3. The Morgan fingerprint density at radius 1 is 1.03 bits per heavy atom. The van der Waals surface area contributed by atoms with Gasteiger partial charge in [0.1, 0.15) is 0 Å². The van der Waals surface area contributed by atoms with Crippen LogP contribution in [0.15, 0.2) is 48.5 Å². The van der Waals surface area contributed by atoms with Gasteiger partial charge in [-0.3, -0.25) is 14.4 Å². The Labute approximate surface area is 196 Å². The molecule has 1 saturated heterocycles. The number of carbonyl (C=O) groups is 3. The maximum Gasteiger partial charge on any atom is 0.254 e. The molecule has 33 heavy (non-hydrogen) atoms. The van der Waals surface area contributed by atoms with Crippen LogP contribution < -0.4 is 0 Å². The molecule has 2 aliphatic heterocycles. The molecule has 2 aliphatic rings. The quantitative estimate of drug-likeness (QED) is 0.721. The predicted molar refractivity (Wildman–Crippen MR) is 128 cm³/mol. The molecule has 1 unspecified atom stereocenters. The third-order valence-electron chi connectivity index (χ3n) is 7.12. The van der Waals surface area contributed by atoms with Gasteiger partial charge < -0.3 is 14.7 Å². The van der Waals surface area contributed by atoms with Crippen molar-refractivity contribution in [3.8, 4) is 0 Å². The molecular formula is C27H33N3O3. The van der Waals surface area contributed by atoms with Crippen molar-refractivity contribution in [2.24, 2.45) is 0 Å². The van der Waals surface area contributed by atoms with Crippen LogP contribution in [0.5, 0.6) is 0 Å². The Kier molecular flexibility index (Phi) is 6.04. The summed E-state index contributed by atoms with van der Waals surface area (Å²) in [7, 11) is 3.54. The van der Waals surface area contributed by atoms with E-state index in [2.05, 4.69) is 0 Å². The number of amides is 3. The number of fused-ring (bicyclic) bond motifs is 1. The molecule has 2 aromatic rings. The number of likely N-dealkylation sites (tertiary alicyclic amines) is 1. The number of piperidine rings is 1. The highest BCUT2D eigenvalue weighted by atomic mass is 16.2. The lowest BCUT2D eigenvalue weighted by Gasteiger charge is -2.56. The summed E-state index contributed by atoms with van der Waals surface area (Å²) in [4.78, 5) is 45.9. The van der Waals surface area contributed by atoms with Crippen molar-refractivity contribution < 1.29 is 14.4 Å². The van der Waals surface area contributed by atoms with Gasteiger partial charge in [-0.15, -0.1) is 0 Å². The fourth-order valence-electron chi connectivity index (χ4n) is 5.66. The monoisotopic (exact) mass is 447 g/mol.